The van der Waals surface area contributed by atoms with E-state index in [1.807, 2.05) is 0 Å². The smallest absolute Gasteiger partial charge is 0.0161 e. The van der Waals surface area contributed by atoms with Gasteiger partial charge in [0.2, 0.25) is 0 Å². The Bertz CT molecular complexity index is 184. The van der Waals surface area contributed by atoms with Gasteiger partial charge in [-0.25, -0.2) is 0 Å². The van der Waals surface area contributed by atoms with Crippen molar-refractivity contribution in [2.75, 3.05) is 0 Å². The second-order valence-electron chi connectivity index (χ2n) is 3.30. The molecule has 1 aliphatic rings. The first kappa shape index (κ1) is 9.31. The molecule has 0 spiro atoms. The molecule has 0 amide bonds. The molecule has 0 nitrogen and oxygen atoms in total. The Kier molecular flexibility index (Phi) is 4.51. The first-order chi connectivity index (χ1) is 5.93. The number of unbranched alkanes of at least 4 members (excludes halogenated alkanes) is 1. The summed E-state index contributed by atoms with van der Waals surface area (Å²) in [5.74, 6) is 0.753. The molecule has 1 unspecified atom stereocenters. The van der Waals surface area contributed by atoms with E-state index in [9.17, 15) is 0 Å². The second-order valence-corrected chi connectivity index (χ2v) is 3.30. The van der Waals surface area contributed by atoms with Crippen molar-refractivity contribution in [1.29, 1.82) is 0 Å². The molecule has 1 aliphatic carbocycles. The summed E-state index contributed by atoms with van der Waals surface area (Å²) in [5, 5.41) is 0. The van der Waals surface area contributed by atoms with Crippen molar-refractivity contribution in [3.8, 4) is 0 Å². The van der Waals surface area contributed by atoms with Crippen molar-refractivity contribution in [2.24, 2.45) is 5.92 Å². The van der Waals surface area contributed by atoms with Crippen molar-refractivity contribution in [2.45, 2.75) is 32.6 Å². The van der Waals surface area contributed by atoms with Gasteiger partial charge < -0.3 is 0 Å². The van der Waals surface area contributed by atoms with Crippen molar-refractivity contribution in [1.82, 2.24) is 0 Å². The number of hydrogen-bond acceptors (Lipinski definition) is 0. The average molecular weight is 162 g/mol. The lowest BCUT2D eigenvalue weighted by atomic mass is 9.97. The van der Waals surface area contributed by atoms with Crippen LogP contribution in [0.3, 0.4) is 0 Å². The minimum Gasteiger partial charge on any atom is -0.0885 e. The van der Waals surface area contributed by atoms with Gasteiger partial charge in [-0.05, 0) is 25.2 Å². The molecule has 0 N–H and O–H groups in total. The average Bonchev–Trinajstić information content (AvgIpc) is 2.14. The fraction of sp³-hybridized carbons (Fsp3) is 0.500. The van der Waals surface area contributed by atoms with Crippen LogP contribution in [0.2, 0.25) is 0 Å². The van der Waals surface area contributed by atoms with E-state index < -0.39 is 0 Å². The van der Waals surface area contributed by atoms with Crippen LogP contribution < -0.4 is 0 Å². The van der Waals surface area contributed by atoms with E-state index in [-0.39, 0.29) is 0 Å². The molecule has 0 radical (unpaired) electrons. The molecule has 0 heterocycles. The third-order valence-corrected chi connectivity index (χ3v) is 2.13. The molecule has 66 valence electrons. The lowest BCUT2D eigenvalue weighted by Crippen LogP contribution is -1.94. The molecule has 12 heavy (non-hydrogen) atoms. The Morgan fingerprint density at radius 1 is 1.33 bits per heavy atom. The van der Waals surface area contributed by atoms with Crippen LogP contribution in [-0.4, -0.2) is 0 Å². The zero-order valence-electron chi connectivity index (χ0n) is 7.87. The predicted molar refractivity (Wildman–Crippen MR) is 55.1 cm³/mol. The molecular formula is C12H18. The molecule has 0 saturated carbocycles. The van der Waals surface area contributed by atoms with Gasteiger partial charge in [-0.15, -0.1) is 0 Å². The minimum atomic E-state index is 0.753. The van der Waals surface area contributed by atoms with Gasteiger partial charge >= 0.3 is 0 Å². The lowest BCUT2D eigenvalue weighted by Gasteiger charge is -2.08. The van der Waals surface area contributed by atoms with E-state index in [4.69, 9.17) is 0 Å². The zero-order chi connectivity index (χ0) is 8.65. The van der Waals surface area contributed by atoms with Crippen molar-refractivity contribution >= 4 is 0 Å². The summed E-state index contributed by atoms with van der Waals surface area (Å²) in [6, 6.07) is 0. The van der Waals surface area contributed by atoms with Crippen LogP contribution in [0.4, 0.5) is 0 Å². The highest BCUT2D eigenvalue weighted by Gasteiger charge is 2.01. The largest absolute Gasteiger partial charge is 0.0885 e. The number of allylic oxidation sites excluding steroid dienone is 6. The molecule has 0 aromatic carbocycles. The molecule has 0 aromatic heterocycles. The van der Waals surface area contributed by atoms with Gasteiger partial charge in [0.1, 0.15) is 0 Å². The third kappa shape index (κ3) is 3.56. The van der Waals surface area contributed by atoms with E-state index in [0.29, 0.717) is 0 Å². The summed E-state index contributed by atoms with van der Waals surface area (Å²) >= 11 is 0. The van der Waals surface area contributed by atoms with Crippen molar-refractivity contribution in [3.63, 3.8) is 0 Å². The predicted octanol–water partition coefficient (Wildman–Crippen LogP) is 3.87. The van der Waals surface area contributed by atoms with Gasteiger partial charge in [0.05, 0.1) is 0 Å². The molecular weight excluding hydrogens is 144 g/mol. The van der Waals surface area contributed by atoms with E-state index in [0.717, 1.165) is 5.92 Å². The maximum Gasteiger partial charge on any atom is -0.0161 e. The van der Waals surface area contributed by atoms with E-state index in [1.165, 1.54) is 25.7 Å². The normalized spacial score (nSPS) is 22.2. The molecule has 1 rings (SSSR count). The van der Waals surface area contributed by atoms with E-state index in [2.05, 4.69) is 43.4 Å². The Labute approximate surface area is 75.7 Å². The first-order valence-electron chi connectivity index (χ1n) is 4.92. The minimum absolute atomic E-state index is 0.753. The Balaban J connectivity index is 2.15. The first-order valence-corrected chi connectivity index (χ1v) is 4.92. The Morgan fingerprint density at radius 3 is 2.92 bits per heavy atom. The standard InChI is InChI=1S/C12H18/c1-2-3-4-6-9-12-10-7-5-8-11-12/h4-8,10,12H,2-3,9,11H2,1H3/b6-4+. The lowest BCUT2D eigenvalue weighted by molar-refractivity contribution is 0.667. The molecule has 0 saturated heterocycles. The number of rotatable bonds is 4. The van der Waals surface area contributed by atoms with Gasteiger partial charge in [-0.3, -0.25) is 0 Å². The van der Waals surface area contributed by atoms with Gasteiger partial charge in [-0.2, -0.15) is 0 Å². The highest BCUT2D eigenvalue weighted by molar-refractivity contribution is 5.11. The van der Waals surface area contributed by atoms with Gasteiger partial charge in [0.15, 0.2) is 0 Å². The highest BCUT2D eigenvalue weighted by Crippen LogP contribution is 2.15. The van der Waals surface area contributed by atoms with Crippen LogP contribution in [0.15, 0.2) is 36.5 Å². The summed E-state index contributed by atoms with van der Waals surface area (Å²) in [5.41, 5.74) is 0. The van der Waals surface area contributed by atoms with Crippen LogP contribution in [0.5, 0.6) is 0 Å². The highest BCUT2D eigenvalue weighted by atomic mass is 14.1. The quantitative estimate of drug-likeness (QED) is 0.550. The number of hydrogen-bond donors (Lipinski definition) is 0. The summed E-state index contributed by atoms with van der Waals surface area (Å²) < 4.78 is 0. The van der Waals surface area contributed by atoms with E-state index in [1.54, 1.807) is 0 Å². The molecule has 1 atom stereocenters. The fourth-order valence-electron chi connectivity index (χ4n) is 1.36. The Morgan fingerprint density at radius 2 is 2.25 bits per heavy atom. The van der Waals surface area contributed by atoms with Crippen molar-refractivity contribution < 1.29 is 0 Å². The maximum absolute atomic E-state index is 2.32. The van der Waals surface area contributed by atoms with Gasteiger partial charge in [-0.1, -0.05) is 49.8 Å². The second kappa shape index (κ2) is 5.82. The van der Waals surface area contributed by atoms with Crippen LogP contribution in [0.1, 0.15) is 32.6 Å². The van der Waals surface area contributed by atoms with Gasteiger partial charge in [0.25, 0.3) is 0 Å². The topological polar surface area (TPSA) is 0 Å². The van der Waals surface area contributed by atoms with Crippen LogP contribution in [0, 0.1) is 5.92 Å². The monoisotopic (exact) mass is 162 g/mol. The SMILES string of the molecule is CCC/C=C/CC1C=CC=CC1. The molecule has 0 heteroatoms. The summed E-state index contributed by atoms with van der Waals surface area (Å²) in [4.78, 5) is 0. The molecule has 0 bridgehead atoms. The van der Waals surface area contributed by atoms with Crippen LogP contribution in [-0.2, 0) is 0 Å². The maximum atomic E-state index is 2.32. The third-order valence-electron chi connectivity index (χ3n) is 2.13. The molecule has 0 aromatic rings. The fourth-order valence-corrected chi connectivity index (χ4v) is 1.36. The van der Waals surface area contributed by atoms with Gasteiger partial charge in [0, 0.05) is 0 Å². The molecule has 0 fully saturated rings. The van der Waals surface area contributed by atoms with Crippen LogP contribution >= 0.6 is 0 Å². The zero-order valence-corrected chi connectivity index (χ0v) is 7.87. The van der Waals surface area contributed by atoms with E-state index >= 15 is 0 Å². The van der Waals surface area contributed by atoms with Crippen LogP contribution in [0.25, 0.3) is 0 Å². The Hall–Kier alpha value is -0.780. The molecule has 0 aliphatic heterocycles. The summed E-state index contributed by atoms with van der Waals surface area (Å²) in [6.45, 7) is 2.22. The van der Waals surface area contributed by atoms with Crippen molar-refractivity contribution in [3.05, 3.63) is 36.5 Å². The summed E-state index contributed by atoms with van der Waals surface area (Å²) in [6.07, 6.45) is 18.4. The summed E-state index contributed by atoms with van der Waals surface area (Å²) in [7, 11) is 0.